The van der Waals surface area contributed by atoms with E-state index in [4.69, 9.17) is 16.3 Å². The maximum atomic E-state index is 13.4. The third-order valence-electron chi connectivity index (χ3n) is 3.28. The van der Waals surface area contributed by atoms with Gasteiger partial charge in [0, 0.05) is 32.5 Å². The Morgan fingerprint density at radius 3 is 3.06 bits per heavy atom. The Morgan fingerprint density at radius 1 is 1.53 bits per heavy atom. The monoisotopic (exact) mass is 257 g/mol. The van der Waals surface area contributed by atoms with Crippen molar-refractivity contribution in [2.75, 3.05) is 31.7 Å². The maximum absolute atomic E-state index is 13.4. The van der Waals surface area contributed by atoms with Gasteiger partial charge in [-0.05, 0) is 37.0 Å². The highest BCUT2D eigenvalue weighted by molar-refractivity contribution is 6.30. The van der Waals surface area contributed by atoms with Crippen molar-refractivity contribution in [1.29, 1.82) is 0 Å². The maximum Gasteiger partial charge on any atom is 0.143 e. The molecule has 94 valence electrons. The van der Waals surface area contributed by atoms with E-state index in [-0.39, 0.29) is 10.8 Å². The van der Waals surface area contributed by atoms with Gasteiger partial charge >= 0.3 is 0 Å². The molecule has 1 saturated heterocycles. The number of methoxy groups -OCH3 is 1. The van der Waals surface area contributed by atoms with Crippen molar-refractivity contribution in [2.24, 2.45) is 5.92 Å². The summed E-state index contributed by atoms with van der Waals surface area (Å²) in [6.07, 6.45) is 2.22. The van der Waals surface area contributed by atoms with E-state index in [1.54, 1.807) is 13.2 Å². The van der Waals surface area contributed by atoms with Gasteiger partial charge in [-0.25, -0.2) is 4.39 Å². The summed E-state index contributed by atoms with van der Waals surface area (Å²) in [5.74, 6) is 0.304. The second-order valence-corrected chi connectivity index (χ2v) is 4.89. The Hall–Kier alpha value is -0.800. The predicted molar refractivity (Wildman–Crippen MR) is 68.2 cm³/mol. The number of nitrogens with zero attached hydrogens (tertiary/aromatic N) is 1. The SMILES string of the molecule is COCC[C@@H]1CCN(c2ccc(Cl)c(F)c2)C1. The highest BCUT2D eigenvalue weighted by Crippen LogP contribution is 2.28. The molecule has 0 N–H and O–H groups in total. The molecule has 1 aromatic rings. The molecule has 1 fully saturated rings. The molecule has 0 aromatic heterocycles. The molecular weight excluding hydrogens is 241 g/mol. The Balaban J connectivity index is 1.97. The molecule has 17 heavy (non-hydrogen) atoms. The molecule has 1 aliphatic heterocycles. The summed E-state index contributed by atoms with van der Waals surface area (Å²) in [5, 5.41) is 0.184. The average molecular weight is 258 g/mol. The molecule has 0 aliphatic carbocycles. The molecule has 1 atom stereocenters. The summed E-state index contributed by atoms with van der Waals surface area (Å²) in [6, 6.07) is 5.01. The van der Waals surface area contributed by atoms with Gasteiger partial charge < -0.3 is 9.64 Å². The lowest BCUT2D eigenvalue weighted by Gasteiger charge is -2.19. The molecule has 2 rings (SSSR count). The van der Waals surface area contributed by atoms with Crippen molar-refractivity contribution in [3.63, 3.8) is 0 Å². The Kier molecular flexibility index (Phi) is 4.24. The molecule has 0 bridgehead atoms. The fourth-order valence-electron chi connectivity index (χ4n) is 2.27. The van der Waals surface area contributed by atoms with Crippen LogP contribution >= 0.6 is 11.6 Å². The number of ether oxygens (including phenoxy) is 1. The van der Waals surface area contributed by atoms with Crippen LogP contribution in [0.25, 0.3) is 0 Å². The molecule has 1 aromatic carbocycles. The van der Waals surface area contributed by atoms with E-state index in [0.717, 1.165) is 38.2 Å². The van der Waals surface area contributed by atoms with Crippen molar-refractivity contribution < 1.29 is 9.13 Å². The van der Waals surface area contributed by atoms with Crippen LogP contribution in [0.3, 0.4) is 0 Å². The van der Waals surface area contributed by atoms with E-state index in [9.17, 15) is 4.39 Å². The number of halogens is 2. The molecule has 0 radical (unpaired) electrons. The molecule has 0 spiro atoms. The van der Waals surface area contributed by atoms with E-state index >= 15 is 0 Å². The fourth-order valence-corrected chi connectivity index (χ4v) is 2.39. The third-order valence-corrected chi connectivity index (χ3v) is 3.59. The number of hydrogen-bond acceptors (Lipinski definition) is 2. The van der Waals surface area contributed by atoms with Crippen LogP contribution in [0.5, 0.6) is 0 Å². The first kappa shape index (κ1) is 12.7. The summed E-state index contributed by atoms with van der Waals surface area (Å²) in [5.41, 5.74) is 0.923. The molecular formula is C13H17ClFNO. The highest BCUT2D eigenvalue weighted by atomic mass is 35.5. The number of hydrogen-bond donors (Lipinski definition) is 0. The topological polar surface area (TPSA) is 12.5 Å². The van der Waals surface area contributed by atoms with E-state index in [1.807, 2.05) is 6.07 Å². The number of anilines is 1. The zero-order valence-electron chi connectivity index (χ0n) is 9.96. The first-order valence-corrected chi connectivity index (χ1v) is 6.27. The Labute approximate surface area is 106 Å². The number of benzene rings is 1. The van der Waals surface area contributed by atoms with Crippen molar-refractivity contribution in [1.82, 2.24) is 0 Å². The van der Waals surface area contributed by atoms with Crippen molar-refractivity contribution >= 4 is 17.3 Å². The van der Waals surface area contributed by atoms with Crippen LogP contribution in [0, 0.1) is 11.7 Å². The van der Waals surface area contributed by atoms with Gasteiger partial charge in [-0.2, -0.15) is 0 Å². The first-order valence-electron chi connectivity index (χ1n) is 5.89. The van der Waals surface area contributed by atoms with E-state index < -0.39 is 0 Å². The smallest absolute Gasteiger partial charge is 0.143 e. The normalized spacial score (nSPS) is 19.9. The van der Waals surface area contributed by atoms with Crippen LogP contribution in [-0.4, -0.2) is 26.8 Å². The molecule has 0 saturated carbocycles. The van der Waals surface area contributed by atoms with Gasteiger partial charge in [0.25, 0.3) is 0 Å². The van der Waals surface area contributed by atoms with Crippen LogP contribution in [0.4, 0.5) is 10.1 Å². The third kappa shape index (κ3) is 3.11. The standard InChI is InChI=1S/C13H17ClFNO/c1-17-7-5-10-4-6-16(9-10)11-2-3-12(14)13(15)8-11/h2-3,8,10H,4-7,9H2,1H3/t10-/m0/s1. The lowest BCUT2D eigenvalue weighted by Crippen LogP contribution is -2.20. The van der Waals surface area contributed by atoms with E-state index in [0.29, 0.717) is 5.92 Å². The van der Waals surface area contributed by atoms with Crippen LogP contribution in [-0.2, 0) is 4.74 Å². The van der Waals surface area contributed by atoms with Gasteiger partial charge in [0.2, 0.25) is 0 Å². The first-order chi connectivity index (χ1) is 8.20. The zero-order valence-corrected chi connectivity index (χ0v) is 10.7. The van der Waals surface area contributed by atoms with Gasteiger partial charge in [0.15, 0.2) is 0 Å². The van der Waals surface area contributed by atoms with Crippen molar-refractivity contribution in [3.05, 3.63) is 29.0 Å². The zero-order chi connectivity index (χ0) is 12.3. The summed E-state index contributed by atoms with van der Waals surface area (Å²) < 4.78 is 18.4. The fraction of sp³-hybridized carbons (Fsp3) is 0.538. The summed E-state index contributed by atoms with van der Waals surface area (Å²) in [4.78, 5) is 2.21. The van der Waals surface area contributed by atoms with Gasteiger partial charge in [0.05, 0.1) is 5.02 Å². The average Bonchev–Trinajstić information content (AvgIpc) is 2.79. The van der Waals surface area contributed by atoms with Crippen molar-refractivity contribution in [3.8, 4) is 0 Å². The minimum atomic E-state index is -0.343. The van der Waals surface area contributed by atoms with Gasteiger partial charge in [-0.15, -0.1) is 0 Å². The lowest BCUT2D eigenvalue weighted by atomic mass is 10.1. The molecule has 2 nitrogen and oxygen atoms in total. The van der Waals surface area contributed by atoms with Crippen LogP contribution in [0.1, 0.15) is 12.8 Å². The minimum absolute atomic E-state index is 0.184. The van der Waals surface area contributed by atoms with Gasteiger partial charge in [-0.1, -0.05) is 11.6 Å². The molecule has 4 heteroatoms. The quantitative estimate of drug-likeness (QED) is 0.820. The highest BCUT2D eigenvalue weighted by Gasteiger charge is 2.22. The molecule has 1 heterocycles. The van der Waals surface area contributed by atoms with Crippen LogP contribution < -0.4 is 4.90 Å². The largest absolute Gasteiger partial charge is 0.385 e. The molecule has 1 aliphatic rings. The lowest BCUT2D eigenvalue weighted by molar-refractivity contribution is 0.180. The van der Waals surface area contributed by atoms with Crippen LogP contribution in [0.15, 0.2) is 18.2 Å². The second kappa shape index (κ2) is 5.69. The Bertz CT molecular complexity index is 386. The summed E-state index contributed by atoms with van der Waals surface area (Å²) in [7, 11) is 1.72. The van der Waals surface area contributed by atoms with Crippen LogP contribution in [0.2, 0.25) is 5.02 Å². The second-order valence-electron chi connectivity index (χ2n) is 4.48. The van der Waals surface area contributed by atoms with E-state index in [2.05, 4.69) is 4.90 Å². The summed E-state index contributed by atoms with van der Waals surface area (Å²) >= 11 is 5.67. The van der Waals surface area contributed by atoms with Crippen molar-refractivity contribution in [2.45, 2.75) is 12.8 Å². The number of rotatable bonds is 4. The van der Waals surface area contributed by atoms with Gasteiger partial charge in [0.1, 0.15) is 5.82 Å². The van der Waals surface area contributed by atoms with Gasteiger partial charge in [-0.3, -0.25) is 0 Å². The Morgan fingerprint density at radius 2 is 2.35 bits per heavy atom. The predicted octanol–water partition coefficient (Wildman–Crippen LogP) is 3.34. The molecule has 0 unspecified atom stereocenters. The molecule has 0 amide bonds. The van der Waals surface area contributed by atoms with E-state index in [1.165, 1.54) is 6.07 Å². The summed E-state index contributed by atoms with van der Waals surface area (Å²) in [6.45, 7) is 2.76. The minimum Gasteiger partial charge on any atom is -0.385 e.